The Bertz CT molecular complexity index is 558. The third-order valence-electron chi connectivity index (χ3n) is 2.70. The highest BCUT2D eigenvalue weighted by atomic mass is 79.9. The zero-order chi connectivity index (χ0) is 13.7. The van der Waals surface area contributed by atoms with Crippen molar-refractivity contribution in [3.63, 3.8) is 0 Å². The van der Waals surface area contributed by atoms with Gasteiger partial charge in [-0.25, -0.2) is 0 Å². The Morgan fingerprint density at radius 1 is 1.26 bits per heavy atom. The Morgan fingerprint density at radius 2 is 2.11 bits per heavy atom. The summed E-state index contributed by atoms with van der Waals surface area (Å²) >= 11 is 3.53. The first-order chi connectivity index (χ1) is 9.19. The van der Waals surface area contributed by atoms with E-state index in [-0.39, 0.29) is 0 Å². The SMILES string of the molecule is CNCc1ccc(OCc2cccc(C)n2)c(Br)c1. The predicted octanol–water partition coefficient (Wildman–Crippen LogP) is 3.45. The van der Waals surface area contributed by atoms with Gasteiger partial charge in [-0.15, -0.1) is 0 Å². The first-order valence-electron chi connectivity index (χ1n) is 6.17. The van der Waals surface area contributed by atoms with Gasteiger partial charge in [-0.1, -0.05) is 12.1 Å². The summed E-state index contributed by atoms with van der Waals surface area (Å²) in [5.41, 5.74) is 3.16. The summed E-state index contributed by atoms with van der Waals surface area (Å²) in [5, 5.41) is 3.12. The Morgan fingerprint density at radius 3 is 2.79 bits per heavy atom. The minimum Gasteiger partial charge on any atom is -0.486 e. The van der Waals surface area contributed by atoms with E-state index in [2.05, 4.69) is 38.4 Å². The van der Waals surface area contributed by atoms with Crippen LogP contribution in [-0.4, -0.2) is 12.0 Å². The van der Waals surface area contributed by atoms with E-state index in [0.717, 1.165) is 28.2 Å². The number of nitrogens with zero attached hydrogens (tertiary/aromatic N) is 1. The number of pyridine rings is 1. The first kappa shape index (κ1) is 14.0. The fourth-order valence-electron chi connectivity index (χ4n) is 1.81. The normalized spacial score (nSPS) is 10.5. The van der Waals surface area contributed by atoms with Gasteiger partial charge in [0, 0.05) is 12.2 Å². The zero-order valence-corrected chi connectivity index (χ0v) is 12.7. The van der Waals surface area contributed by atoms with Gasteiger partial charge in [0.25, 0.3) is 0 Å². The van der Waals surface area contributed by atoms with Crippen molar-refractivity contribution < 1.29 is 4.74 Å². The molecule has 100 valence electrons. The van der Waals surface area contributed by atoms with Crippen molar-refractivity contribution in [2.45, 2.75) is 20.1 Å². The van der Waals surface area contributed by atoms with Crippen LogP contribution in [0.25, 0.3) is 0 Å². The topological polar surface area (TPSA) is 34.1 Å². The van der Waals surface area contributed by atoms with E-state index >= 15 is 0 Å². The fourth-order valence-corrected chi connectivity index (χ4v) is 2.35. The highest BCUT2D eigenvalue weighted by Crippen LogP contribution is 2.26. The second-order valence-corrected chi connectivity index (χ2v) is 5.21. The Hall–Kier alpha value is -1.39. The Balaban J connectivity index is 2.03. The molecule has 0 amide bonds. The molecule has 0 spiro atoms. The highest BCUT2D eigenvalue weighted by molar-refractivity contribution is 9.10. The molecule has 0 radical (unpaired) electrons. The van der Waals surface area contributed by atoms with Gasteiger partial charge in [0.15, 0.2) is 0 Å². The lowest BCUT2D eigenvalue weighted by Gasteiger charge is -2.09. The number of halogens is 1. The average Bonchev–Trinajstić information content (AvgIpc) is 2.38. The van der Waals surface area contributed by atoms with Crippen molar-refractivity contribution in [2.24, 2.45) is 0 Å². The minimum absolute atomic E-state index is 0.478. The second-order valence-electron chi connectivity index (χ2n) is 4.35. The lowest BCUT2D eigenvalue weighted by molar-refractivity contribution is 0.299. The molecular weight excluding hydrogens is 304 g/mol. The number of nitrogens with one attached hydrogen (secondary N) is 1. The molecular formula is C15H17BrN2O. The average molecular weight is 321 g/mol. The van der Waals surface area contributed by atoms with Crippen LogP contribution in [0.2, 0.25) is 0 Å². The number of hydrogen-bond donors (Lipinski definition) is 1. The van der Waals surface area contributed by atoms with Crippen LogP contribution in [0.15, 0.2) is 40.9 Å². The van der Waals surface area contributed by atoms with Crippen molar-refractivity contribution in [3.8, 4) is 5.75 Å². The van der Waals surface area contributed by atoms with Crippen LogP contribution in [-0.2, 0) is 13.2 Å². The van der Waals surface area contributed by atoms with E-state index in [9.17, 15) is 0 Å². The van der Waals surface area contributed by atoms with Crippen molar-refractivity contribution >= 4 is 15.9 Å². The van der Waals surface area contributed by atoms with E-state index in [1.165, 1.54) is 5.56 Å². The van der Waals surface area contributed by atoms with Gasteiger partial charge in [0.1, 0.15) is 12.4 Å². The second kappa shape index (κ2) is 6.68. The maximum Gasteiger partial charge on any atom is 0.134 e. The van der Waals surface area contributed by atoms with Crippen LogP contribution >= 0.6 is 15.9 Å². The van der Waals surface area contributed by atoms with Gasteiger partial charge in [0.2, 0.25) is 0 Å². The maximum atomic E-state index is 5.78. The third-order valence-corrected chi connectivity index (χ3v) is 3.32. The van der Waals surface area contributed by atoms with E-state index < -0.39 is 0 Å². The van der Waals surface area contributed by atoms with Crippen molar-refractivity contribution in [1.82, 2.24) is 10.3 Å². The summed E-state index contributed by atoms with van der Waals surface area (Å²) in [6, 6.07) is 12.0. The number of aryl methyl sites for hydroxylation is 1. The molecule has 0 aliphatic heterocycles. The van der Waals surface area contributed by atoms with Gasteiger partial charge in [0.05, 0.1) is 10.2 Å². The summed E-state index contributed by atoms with van der Waals surface area (Å²) in [5.74, 6) is 0.836. The van der Waals surface area contributed by atoms with Crippen LogP contribution in [0.4, 0.5) is 0 Å². The Labute approximate surface area is 122 Å². The van der Waals surface area contributed by atoms with Gasteiger partial charge in [-0.2, -0.15) is 0 Å². The molecule has 0 aliphatic rings. The van der Waals surface area contributed by atoms with Crippen LogP contribution in [0.5, 0.6) is 5.75 Å². The lowest BCUT2D eigenvalue weighted by atomic mass is 10.2. The number of hydrogen-bond acceptors (Lipinski definition) is 3. The molecule has 2 aromatic rings. The summed E-state index contributed by atoms with van der Waals surface area (Å²) in [6.45, 7) is 3.30. The van der Waals surface area contributed by atoms with Crippen LogP contribution in [0.1, 0.15) is 17.0 Å². The molecule has 0 unspecified atom stereocenters. The fraction of sp³-hybridized carbons (Fsp3) is 0.267. The highest BCUT2D eigenvalue weighted by Gasteiger charge is 2.03. The number of benzene rings is 1. The molecule has 0 aliphatic carbocycles. The zero-order valence-electron chi connectivity index (χ0n) is 11.1. The van der Waals surface area contributed by atoms with Crippen molar-refractivity contribution in [1.29, 1.82) is 0 Å². The molecule has 2 rings (SSSR count). The molecule has 0 saturated heterocycles. The third kappa shape index (κ3) is 4.04. The van der Waals surface area contributed by atoms with Crippen LogP contribution in [0, 0.1) is 6.92 Å². The largest absolute Gasteiger partial charge is 0.486 e. The molecule has 1 aromatic heterocycles. The summed E-state index contributed by atoms with van der Waals surface area (Å²) in [4.78, 5) is 4.41. The van der Waals surface area contributed by atoms with Gasteiger partial charge in [-0.3, -0.25) is 4.98 Å². The molecule has 1 N–H and O–H groups in total. The lowest BCUT2D eigenvalue weighted by Crippen LogP contribution is -2.05. The minimum atomic E-state index is 0.478. The molecule has 4 heteroatoms. The molecule has 0 saturated carbocycles. The van der Waals surface area contributed by atoms with Gasteiger partial charge < -0.3 is 10.1 Å². The van der Waals surface area contributed by atoms with E-state index in [0.29, 0.717) is 6.61 Å². The van der Waals surface area contributed by atoms with Crippen molar-refractivity contribution in [3.05, 3.63) is 57.8 Å². The first-order valence-corrected chi connectivity index (χ1v) is 6.96. The molecule has 1 heterocycles. The smallest absolute Gasteiger partial charge is 0.134 e. The monoisotopic (exact) mass is 320 g/mol. The van der Waals surface area contributed by atoms with Gasteiger partial charge >= 0.3 is 0 Å². The van der Waals surface area contributed by atoms with E-state index in [4.69, 9.17) is 4.74 Å². The van der Waals surface area contributed by atoms with E-state index in [1.54, 1.807) is 0 Å². The standard InChI is InChI=1S/C15H17BrN2O/c1-11-4-3-5-13(18-11)10-19-15-7-6-12(9-17-2)8-14(15)16/h3-8,17H,9-10H2,1-2H3. The molecule has 3 nitrogen and oxygen atoms in total. The molecule has 19 heavy (non-hydrogen) atoms. The maximum absolute atomic E-state index is 5.78. The molecule has 1 aromatic carbocycles. The summed E-state index contributed by atoms with van der Waals surface area (Å²) in [6.07, 6.45) is 0. The summed E-state index contributed by atoms with van der Waals surface area (Å²) in [7, 11) is 1.93. The molecule has 0 atom stereocenters. The van der Waals surface area contributed by atoms with Crippen molar-refractivity contribution in [2.75, 3.05) is 7.05 Å². The Kier molecular flexibility index (Phi) is 4.93. The molecule has 0 fully saturated rings. The number of ether oxygens (including phenoxy) is 1. The predicted molar refractivity (Wildman–Crippen MR) is 80.2 cm³/mol. The number of rotatable bonds is 5. The number of aromatic nitrogens is 1. The van der Waals surface area contributed by atoms with Crippen LogP contribution in [0.3, 0.4) is 0 Å². The summed E-state index contributed by atoms with van der Waals surface area (Å²) < 4.78 is 6.75. The quantitative estimate of drug-likeness (QED) is 0.916. The van der Waals surface area contributed by atoms with Crippen LogP contribution < -0.4 is 10.1 Å². The van der Waals surface area contributed by atoms with Gasteiger partial charge in [-0.05, 0) is 59.7 Å². The van der Waals surface area contributed by atoms with E-state index in [1.807, 2.05) is 38.2 Å². The molecule has 0 bridgehead atoms.